The minimum absolute atomic E-state index is 0.0316. The summed E-state index contributed by atoms with van der Waals surface area (Å²) in [5, 5.41) is 4.80. The van der Waals surface area contributed by atoms with Crippen LogP contribution in [0.2, 0.25) is 0 Å². The Labute approximate surface area is 127 Å². The van der Waals surface area contributed by atoms with Crippen LogP contribution < -0.4 is 22.1 Å². The van der Waals surface area contributed by atoms with E-state index in [-0.39, 0.29) is 26.3 Å². The molecule has 0 aromatic carbocycles. The summed E-state index contributed by atoms with van der Waals surface area (Å²) in [6.07, 6.45) is 0. The summed E-state index contributed by atoms with van der Waals surface area (Å²) in [5.74, 6) is -3.17. The van der Waals surface area contributed by atoms with E-state index in [0.29, 0.717) is 0 Å². The van der Waals surface area contributed by atoms with E-state index in [2.05, 4.69) is 20.1 Å². The van der Waals surface area contributed by atoms with Crippen molar-refractivity contribution < 1.29 is 28.7 Å². The van der Waals surface area contributed by atoms with Gasteiger partial charge in [0, 0.05) is 0 Å². The highest BCUT2D eigenvalue weighted by atomic mass is 16.6. The van der Waals surface area contributed by atoms with Crippen LogP contribution in [-0.2, 0) is 28.7 Å². The predicted molar refractivity (Wildman–Crippen MR) is 75.2 cm³/mol. The third kappa shape index (κ3) is 8.87. The number of ether oxygens (including phenoxy) is 2. The molecule has 0 rings (SSSR count). The molecule has 0 heterocycles. The van der Waals surface area contributed by atoms with Gasteiger partial charge in [0.15, 0.2) is 0 Å². The van der Waals surface area contributed by atoms with Gasteiger partial charge in [-0.15, -0.1) is 0 Å². The number of nitrogens with one attached hydrogen (secondary N) is 2. The van der Waals surface area contributed by atoms with Gasteiger partial charge in [-0.1, -0.05) is 0 Å². The highest BCUT2D eigenvalue weighted by Gasteiger charge is 2.17. The lowest BCUT2D eigenvalue weighted by molar-refractivity contribution is -0.167. The van der Waals surface area contributed by atoms with Crippen LogP contribution in [0.15, 0.2) is 0 Å². The molecule has 0 saturated carbocycles. The molecule has 0 aromatic heterocycles. The van der Waals surface area contributed by atoms with Gasteiger partial charge in [0.05, 0.1) is 25.2 Å². The lowest BCUT2D eigenvalue weighted by atomic mass is 10.3. The fourth-order valence-corrected chi connectivity index (χ4v) is 1.08. The summed E-state index contributed by atoms with van der Waals surface area (Å²) >= 11 is 0. The fraction of sp³-hybridized carbons (Fsp3) is 0.667. The molecule has 0 spiro atoms. The molecule has 0 radical (unpaired) electrons. The Kier molecular flexibility index (Phi) is 9.46. The largest absolute Gasteiger partial charge is 0.455 e. The van der Waals surface area contributed by atoms with Crippen LogP contribution >= 0.6 is 0 Å². The van der Waals surface area contributed by atoms with Crippen LogP contribution in [0.1, 0.15) is 13.8 Å². The average Bonchev–Trinajstić information content (AvgIpc) is 2.46. The van der Waals surface area contributed by atoms with Gasteiger partial charge in [0.2, 0.25) is 11.8 Å². The third-order valence-electron chi connectivity index (χ3n) is 2.26. The predicted octanol–water partition coefficient (Wildman–Crippen LogP) is -3.00. The van der Waals surface area contributed by atoms with Crippen molar-refractivity contribution in [2.45, 2.75) is 25.9 Å². The molecule has 2 atom stereocenters. The molecule has 0 aliphatic rings. The first-order chi connectivity index (χ1) is 10.3. The Bertz CT molecular complexity index is 372. The molecular formula is C12H22N4O6. The summed E-state index contributed by atoms with van der Waals surface area (Å²) in [7, 11) is 0. The molecule has 6 N–H and O–H groups in total. The van der Waals surface area contributed by atoms with Crippen molar-refractivity contribution in [1.82, 2.24) is 10.6 Å². The zero-order chi connectivity index (χ0) is 17.1. The number of carbonyl (C=O) groups is 4. The molecular weight excluding hydrogens is 296 g/mol. The summed E-state index contributed by atoms with van der Waals surface area (Å²) in [6.45, 7) is 2.70. The van der Waals surface area contributed by atoms with Crippen molar-refractivity contribution in [1.29, 1.82) is 0 Å². The highest BCUT2D eigenvalue weighted by molar-refractivity contribution is 6.29. The lowest BCUT2D eigenvalue weighted by Crippen LogP contribution is -2.40. The second kappa shape index (κ2) is 10.5. The quantitative estimate of drug-likeness (QED) is 0.209. The number of amides is 2. The molecule has 0 fully saturated rings. The Hall–Kier alpha value is -2.20. The molecule has 0 aromatic rings. The summed E-state index contributed by atoms with van der Waals surface area (Å²) in [5.41, 5.74) is 10.6. The number of hydrogen-bond donors (Lipinski definition) is 4. The maximum Gasteiger partial charge on any atom is 0.417 e. The van der Waals surface area contributed by atoms with Crippen molar-refractivity contribution in [3.05, 3.63) is 0 Å². The molecule has 10 nitrogen and oxygen atoms in total. The standard InChI is InChI=1S/C12H22N4O6/c1-7(13)9(17)15-3-5-21-11(19)12(20)22-6-4-16-10(18)8(2)14/h7-8H,3-6,13-14H2,1-2H3,(H,15,17)(H,16,18). The Morgan fingerprint density at radius 2 is 1.14 bits per heavy atom. The Morgan fingerprint density at radius 1 is 0.818 bits per heavy atom. The molecule has 22 heavy (non-hydrogen) atoms. The van der Waals surface area contributed by atoms with Crippen molar-refractivity contribution in [2.24, 2.45) is 11.5 Å². The van der Waals surface area contributed by atoms with Crippen LogP contribution in [0, 0.1) is 0 Å². The molecule has 2 unspecified atom stereocenters. The maximum atomic E-state index is 11.2. The number of rotatable bonds is 8. The normalized spacial score (nSPS) is 12.7. The van der Waals surface area contributed by atoms with Crippen LogP contribution in [0.4, 0.5) is 0 Å². The van der Waals surface area contributed by atoms with Crippen molar-refractivity contribution >= 4 is 23.8 Å². The summed E-state index contributed by atoms with van der Waals surface area (Å²) in [4.78, 5) is 44.6. The van der Waals surface area contributed by atoms with E-state index in [1.807, 2.05) is 0 Å². The Balaban J connectivity index is 3.74. The molecule has 126 valence electrons. The van der Waals surface area contributed by atoms with E-state index in [4.69, 9.17) is 11.5 Å². The van der Waals surface area contributed by atoms with E-state index in [9.17, 15) is 19.2 Å². The topological polar surface area (TPSA) is 163 Å². The van der Waals surface area contributed by atoms with Gasteiger partial charge in [-0.2, -0.15) is 0 Å². The van der Waals surface area contributed by atoms with E-state index in [1.54, 1.807) is 0 Å². The SMILES string of the molecule is CC(N)C(=O)NCCOC(=O)C(=O)OCCNC(=O)C(C)N. The number of carbonyl (C=O) groups excluding carboxylic acids is 4. The van der Waals surface area contributed by atoms with Gasteiger partial charge in [-0.25, -0.2) is 9.59 Å². The highest BCUT2D eigenvalue weighted by Crippen LogP contribution is 1.85. The van der Waals surface area contributed by atoms with Crippen molar-refractivity contribution in [3.63, 3.8) is 0 Å². The summed E-state index contributed by atoms with van der Waals surface area (Å²) in [6, 6.07) is -1.35. The maximum absolute atomic E-state index is 11.2. The second-order valence-corrected chi connectivity index (χ2v) is 4.43. The van der Waals surface area contributed by atoms with Crippen LogP contribution in [-0.4, -0.2) is 62.1 Å². The second-order valence-electron chi connectivity index (χ2n) is 4.43. The van der Waals surface area contributed by atoms with E-state index >= 15 is 0 Å². The average molecular weight is 318 g/mol. The third-order valence-corrected chi connectivity index (χ3v) is 2.26. The van der Waals surface area contributed by atoms with E-state index in [0.717, 1.165) is 0 Å². The van der Waals surface area contributed by atoms with Gasteiger partial charge < -0.3 is 31.6 Å². The van der Waals surface area contributed by atoms with Crippen LogP contribution in [0.25, 0.3) is 0 Å². The molecule has 0 aliphatic heterocycles. The fourth-order valence-electron chi connectivity index (χ4n) is 1.08. The van der Waals surface area contributed by atoms with Gasteiger partial charge in [0.25, 0.3) is 0 Å². The first-order valence-electron chi connectivity index (χ1n) is 6.66. The molecule has 0 bridgehead atoms. The van der Waals surface area contributed by atoms with Gasteiger partial charge in [-0.05, 0) is 13.8 Å². The first kappa shape index (κ1) is 19.8. The Morgan fingerprint density at radius 3 is 1.41 bits per heavy atom. The van der Waals surface area contributed by atoms with Crippen molar-refractivity contribution in [2.75, 3.05) is 26.3 Å². The van der Waals surface area contributed by atoms with Crippen molar-refractivity contribution in [3.8, 4) is 0 Å². The lowest BCUT2D eigenvalue weighted by Gasteiger charge is -2.09. The van der Waals surface area contributed by atoms with Gasteiger partial charge >= 0.3 is 11.9 Å². The van der Waals surface area contributed by atoms with Crippen LogP contribution in [0.5, 0.6) is 0 Å². The smallest absolute Gasteiger partial charge is 0.417 e. The number of nitrogens with two attached hydrogens (primary N) is 2. The summed E-state index contributed by atoms with van der Waals surface area (Å²) < 4.78 is 9.15. The number of esters is 2. The minimum Gasteiger partial charge on any atom is -0.455 e. The van der Waals surface area contributed by atoms with E-state index < -0.39 is 35.8 Å². The molecule has 0 saturated heterocycles. The molecule has 0 aliphatic carbocycles. The zero-order valence-electron chi connectivity index (χ0n) is 12.6. The van der Waals surface area contributed by atoms with Gasteiger partial charge in [-0.3, -0.25) is 9.59 Å². The van der Waals surface area contributed by atoms with Gasteiger partial charge in [0.1, 0.15) is 13.2 Å². The zero-order valence-corrected chi connectivity index (χ0v) is 12.6. The number of hydrogen-bond acceptors (Lipinski definition) is 8. The molecule has 10 heteroatoms. The van der Waals surface area contributed by atoms with Crippen LogP contribution in [0.3, 0.4) is 0 Å². The first-order valence-corrected chi connectivity index (χ1v) is 6.66. The van der Waals surface area contributed by atoms with E-state index in [1.165, 1.54) is 13.8 Å². The monoisotopic (exact) mass is 318 g/mol. The minimum atomic E-state index is -1.19. The molecule has 2 amide bonds.